The Morgan fingerprint density at radius 1 is 1.17 bits per heavy atom. The molecule has 1 rings (SSSR count). The minimum atomic E-state index is -4.81. The molecule has 0 fully saturated rings. The van der Waals surface area contributed by atoms with Crippen LogP contribution < -0.4 is 10.2 Å². The van der Waals surface area contributed by atoms with E-state index in [9.17, 15) is 29.0 Å². The number of nitrogens with zero attached hydrogens (tertiary/aromatic N) is 1. The van der Waals surface area contributed by atoms with Gasteiger partial charge in [0.15, 0.2) is 0 Å². The lowest BCUT2D eigenvalue weighted by Gasteiger charge is -2.19. The van der Waals surface area contributed by atoms with Gasteiger partial charge in [-0.05, 0) is 18.6 Å². The Morgan fingerprint density at radius 3 is 2.21 bits per heavy atom. The molecule has 0 radical (unpaired) electrons. The van der Waals surface area contributed by atoms with Crippen LogP contribution in [0.2, 0.25) is 0 Å². The Kier molecular flexibility index (Phi) is 7.46. The summed E-state index contributed by atoms with van der Waals surface area (Å²) in [4.78, 5) is 45.3. The third-order valence-corrected chi connectivity index (χ3v) is 4.50. The quantitative estimate of drug-likeness (QED) is 0.214. The summed E-state index contributed by atoms with van der Waals surface area (Å²) in [6.45, 7) is -0.649. The Hall–Kier alpha value is -1.36. The van der Waals surface area contributed by atoms with Gasteiger partial charge in [-0.3, -0.25) is 14.7 Å². The number of hydrogen-bond acceptors (Lipinski definition) is 7. The van der Waals surface area contributed by atoms with Crippen molar-refractivity contribution in [2.75, 3.05) is 13.2 Å². The van der Waals surface area contributed by atoms with Crippen LogP contribution in [0, 0.1) is 10.1 Å². The van der Waals surface area contributed by atoms with E-state index in [1.165, 1.54) is 24.3 Å². The van der Waals surface area contributed by atoms with Gasteiger partial charge < -0.3 is 24.3 Å². The molecule has 1 aromatic rings. The van der Waals surface area contributed by atoms with Gasteiger partial charge in [-0.25, -0.2) is 4.57 Å². The van der Waals surface area contributed by atoms with E-state index in [1.807, 2.05) is 5.48 Å². The average molecular weight is 386 g/mol. The molecule has 0 saturated carbocycles. The third-order valence-electron chi connectivity index (χ3n) is 2.75. The first-order valence-electron chi connectivity index (χ1n) is 6.38. The predicted molar refractivity (Wildman–Crippen MR) is 80.2 cm³/mol. The number of hydroxylamine groups is 1. The highest BCUT2D eigenvalue weighted by molar-refractivity contribution is 7.52. The summed E-state index contributed by atoms with van der Waals surface area (Å²) in [6.07, 6.45) is -0.154. The molecule has 0 aliphatic heterocycles. The molecule has 24 heavy (non-hydrogen) atoms. The number of nitro groups is 1. The summed E-state index contributed by atoms with van der Waals surface area (Å²) < 4.78 is 31.0. The minimum absolute atomic E-state index is 0.130. The van der Waals surface area contributed by atoms with Crippen molar-refractivity contribution < 1.29 is 43.0 Å². The monoisotopic (exact) mass is 386 g/mol. The fraction of sp³-hybridized carbons (Fsp3) is 0.400. The standard InChI is InChI=1S/C10H16N2O10P2/c13-12(14)8-1-3-9(4-2-8)21-6-5-10(23(15,16)17)7-11-22-24(18,19)20/h1-4,10-11H,5-7H2,(H2,15,16,17)(H2,18,19,20). The zero-order valence-corrected chi connectivity index (χ0v) is 13.9. The highest BCUT2D eigenvalue weighted by Crippen LogP contribution is 2.43. The van der Waals surface area contributed by atoms with Gasteiger partial charge in [0, 0.05) is 18.7 Å². The van der Waals surface area contributed by atoms with Crippen LogP contribution in [0.25, 0.3) is 0 Å². The molecule has 12 nitrogen and oxygen atoms in total. The molecule has 0 bridgehead atoms. The summed E-state index contributed by atoms with van der Waals surface area (Å²) in [5.41, 5.74) is 0.381. The van der Waals surface area contributed by atoms with Gasteiger partial charge >= 0.3 is 15.4 Å². The number of nitro benzene ring substituents is 1. The van der Waals surface area contributed by atoms with Crippen LogP contribution in [-0.2, 0) is 13.8 Å². The van der Waals surface area contributed by atoms with Gasteiger partial charge in [0.25, 0.3) is 5.69 Å². The van der Waals surface area contributed by atoms with E-state index < -0.39 is 32.5 Å². The topological polar surface area (TPSA) is 189 Å². The molecule has 136 valence electrons. The van der Waals surface area contributed by atoms with Gasteiger partial charge in [-0.1, -0.05) is 0 Å². The Morgan fingerprint density at radius 2 is 1.75 bits per heavy atom. The van der Waals surface area contributed by atoms with Gasteiger partial charge in [-0.2, -0.15) is 10.1 Å². The zero-order chi connectivity index (χ0) is 18.4. The number of benzene rings is 1. The molecule has 0 aliphatic carbocycles. The Labute approximate surface area is 135 Å². The van der Waals surface area contributed by atoms with Crippen molar-refractivity contribution in [2.24, 2.45) is 0 Å². The number of phosphoric acid groups is 1. The van der Waals surface area contributed by atoms with Crippen molar-refractivity contribution in [3.8, 4) is 5.75 Å². The molecular weight excluding hydrogens is 370 g/mol. The fourth-order valence-electron chi connectivity index (χ4n) is 1.58. The molecule has 0 spiro atoms. The van der Waals surface area contributed by atoms with E-state index in [-0.39, 0.29) is 24.5 Å². The molecule has 0 amide bonds. The van der Waals surface area contributed by atoms with Crippen LogP contribution in [0.15, 0.2) is 24.3 Å². The highest BCUT2D eigenvalue weighted by atomic mass is 31.2. The number of rotatable bonds is 10. The van der Waals surface area contributed by atoms with Crippen LogP contribution in [0.3, 0.4) is 0 Å². The third kappa shape index (κ3) is 7.95. The molecule has 0 saturated heterocycles. The second-order valence-electron chi connectivity index (χ2n) is 4.56. The van der Waals surface area contributed by atoms with Gasteiger partial charge in [0.05, 0.1) is 17.2 Å². The van der Waals surface area contributed by atoms with Crippen molar-refractivity contribution in [2.45, 2.75) is 12.1 Å². The number of nitrogens with one attached hydrogen (secondary N) is 1. The van der Waals surface area contributed by atoms with Crippen LogP contribution in [0.1, 0.15) is 6.42 Å². The summed E-state index contributed by atoms with van der Waals surface area (Å²) in [7, 11) is -9.38. The largest absolute Gasteiger partial charge is 0.494 e. The van der Waals surface area contributed by atoms with E-state index in [1.54, 1.807) is 0 Å². The lowest BCUT2D eigenvalue weighted by atomic mass is 10.3. The highest BCUT2D eigenvalue weighted by Gasteiger charge is 2.29. The summed E-state index contributed by atoms with van der Waals surface area (Å²) in [5.74, 6) is 0.268. The van der Waals surface area contributed by atoms with Crippen molar-refractivity contribution in [1.29, 1.82) is 0 Å². The summed E-state index contributed by atoms with van der Waals surface area (Å²) in [5, 5.41) is 10.5. The lowest BCUT2D eigenvalue weighted by Crippen LogP contribution is -2.28. The van der Waals surface area contributed by atoms with Crippen molar-refractivity contribution in [3.63, 3.8) is 0 Å². The van der Waals surface area contributed by atoms with Crippen molar-refractivity contribution in [1.82, 2.24) is 5.48 Å². The number of ether oxygens (including phenoxy) is 1. The average Bonchev–Trinajstić information content (AvgIpc) is 2.44. The first-order valence-corrected chi connectivity index (χ1v) is 9.59. The first-order chi connectivity index (χ1) is 11.0. The normalized spacial score (nSPS) is 13.5. The van der Waals surface area contributed by atoms with E-state index >= 15 is 0 Å². The number of non-ortho nitro benzene ring substituents is 1. The maximum atomic E-state index is 11.3. The Balaban J connectivity index is 2.51. The van der Waals surface area contributed by atoms with Crippen LogP contribution in [0.5, 0.6) is 5.75 Å². The lowest BCUT2D eigenvalue weighted by molar-refractivity contribution is -0.384. The van der Waals surface area contributed by atoms with E-state index in [0.29, 0.717) is 0 Å². The molecule has 1 aromatic carbocycles. The predicted octanol–water partition coefficient (Wildman–Crippen LogP) is 0.524. The SMILES string of the molecule is O=[N+]([O-])c1ccc(OCCC(CNOP(=O)(O)O)P(=O)(O)O)cc1. The van der Waals surface area contributed by atoms with Gasteiger partial charge in [0.2, 0.25) is 0 Å². The maximum Gasteiger partial charge on any atom is 0.486 e. The van der Waals surface area contributed by atoms with Crippen LogP contribution in [0.4, 0.5) is 5.69 Å². The van der Waals surface area contributed by atoms with Crippen molar-refractivity contribution in [3.05, 3.63) is 34.4 Å². The summed E-state index contributed by atoms with van der Waals surface area (Å²) in [6, 6.07) is 5.09. The summed E-state index contributed by atoms with van der Waals surface area (Å²) >= 11 is 0. The second kappa shape index (κ2) is 8.65. The van der Waals surface area contributed by atoms with E-state index in [4.69, 9.17) is 14.5 Å². The second-order valence-corrected chi connectivity index (χ2v) is 7.63. The molecule has 5 N–H and O–H groups in total. The molecule has 0 aliphatic rings. The number of hydrogen-bond donors (Lipinski definition) is 5. The molecule has 1 unspecified atom stereocenters. The molecule has 14 heteroatoms. The van der Waals surface area contributed by atoms with Crippen LogP contribution >= 0.6 is 15.4 Å². The zero-order valence-electron chi connectivity index (χ0n) is 12.1. The van der Waals surface area contributed by atoms with Gasteiger partial charge in [0.1, 0.15) is 5.75 Å². The minimum Gasteiger partial charge on any atom is -0.494 e. The molecule has 1 atom stereocenters. The molecule has 0 aromatic heterocycles. The first kappa shape index (κ1) is 20.7. The van der Waals surface area contributed by atoms with E-state index in [0.717, 1.165) is 0 Å². The van der Waals surface area contributed by atoms with E-state index in [2.05, 4.69) is 4.62 Å². The Bertz CT molecular complexity index is 640. The van der Waals surface area contributed by atoms with Crippen molar-refractivity contribution >= 4 is 21.1 Å². The van der Waals surface area contributed by atoms with Gasteiger partial charge in [-0.15, -0.1) is 0 Å². The van der Waals surface area contributed by atoms with Crippen LogP contribution in [-0.4, -0.2) is 43.3 Å². The molecule has 0 heterocycles. The fourth-order valence-corrected chi connectivity index (χ4v) is 2.58. The maximum absolute atomic E-state index is 11.3. The smallest absolute Gasteiger partial charge is 0.486 e. The molecular formula is C10H16N2O10P2.